The van der Waals surface area contributed by atoms with E-state index >= 15 is 0 Å². The lowest BCUT2D eigenvalue weighted by molar-refractivity contribution is 0.518. The van der Waals surface area contributed by atoms with E-state index in [0.717, 1.165) is 11.4 Å². The molecule has 0 spiro atoms. The topological polar surface area (TPSA) is 37.2 Å². The van der Waals surface area contributed by atoms with Crippen LogP contribution in [0.5, 0.6) is 0 Å². The molecule has 0 atom stereocenters. The Bertz CT molecular complexity index is 597. The van der Waals surface area contributed by atoms with Crippen molar-refractivity contribution in [1.82, 2.24) is 0 Å². The predicted molar refractivity (Wildman–Crippen MR) is 79.2 cm³/mol. The molecule has 0 saturated heterocycles. The number of hydrogen-bond acceptors (Lipinski definition) is 3. The Balaban J connectivity index is 1.75. The summed E-state index contributed by atoms with van der Waals surface area (Å²) in [6.07, 6.45) is 6.05. The fraction of sp³-hybridized carbons (Fsp3) is 0.250. The van der Waals surface area contributed by atoms with E-state index in [-0.39, 0.29) is 5.54 Å². The van der Waals surface area contributed by atoms with Crippen LogP contribution in [-0.4, -0.2) is 5.54 Å². The van der Waals surface area contributed by atoms with Gasteiger partial charge in [-0.25, -0.2) is 0 Å². The summed E-state index contributed by atoms with van der Waals surface area (Å²) in [6.45, 7) is 5.03. The van der Waals surface area contributed by atoms with Crippen molar-refractivity contribution in [2.24, 2.45) is 0 Å². The molecule has 19 heavy (non-hydrogen) atoms. The van der Waals surface area contributed by atoms with Crippen molar-refractivity contribution in [3.8, 4) is 0 Å². The highest BCUT2D eigenvalue weighted by atomic mass is 16.3. The maximum atomic E-state index is 5.31. The van der Waals surface area contributed by atoms with Gasteiger partial charge >= 0.3 is 0 Å². The Labute approximate surface area is 113 Å². The molecule has 3 nitrogen and oxygen atoms in total. The Morgan fingerprint density at radius 2 is 2.16 bits per heavy atom. The molecule has 0 bridgehead atoms. The predicted octanol–water partition coefficient (Wildman–Crippen LogP) is 4.11. The van der Waals surface area contributed by atoms with Crippen molar-refractivity contribution >= 4 is 17.5 Å². The second-order valence-electron chi connectivity index (χ2n) is 5.41. The number of anilines is 2. The third-order valence-electron chi connectivity index (χ3n) is 3.23. The third kappa shape index (κ3) is 2.65. The maximum absolute atomic E-state index is 5.31. The van der Waals surface area contributed by atoms with Crippen LogP contribution in [-0.2, 0) is 6.54 Å². The number of furan rings is 1. The number of nitrogens with one attached hydrogen (secondary N) is 2. The molecular formula is C16H18N2O. The third-order valence-corrected chi connectivity index (χ3v) is 3.23. The minimum atomic E-state index is 0.0239. The van der Waals surface area contributed by atoms with Crippen LogP contribution >= 0.6 is 0 Å². The molecule has 1 aliphatic heterocycles. The molecule has 0 radical (unpaired) electrons. The molecule has 0 saturated carbocycles. The summed E-state index contributed by atoms with van der Waals surface area (Å²) >= 11 is 0. The van der Waals surface area contributed by atoms with Crippen LogP contribution < -0.4 is 10.6 Å². The van der Waals surface area contributed by atoms with Gasteiger partial charge in [0.25, 0.3) is 0 Å². The molecule has 2 aromatic rings. The first-order valence-corrected chi connectivity index (χ1v) is 6.50. The van der Waals surface area contributed by atoms with Gasteiger partial charge in [0.2, 0.25) is 0 Å². The van der Waals surface area contributed by atoms with E-state index in [1.54, 1.807) is 6.26 Å². The van der Waals surface area contributed by atoms with Gasteiger partial charge in [0.05, 0.1) is 18.3 Å². The lowest BCUT2D eigenvalue weighted by Gasteiger charge is -2.29. The monoisotopic (exact) mass is 254 g/mol. The quantitative estimate of drug-likeness (QED) is 0.865. The van der Waals surface area contributed by atoms with E-state index in [4.69, 9.17) is 4.42 Å². The zero-order chi connectivity index (χ0) is 13.3. The van der Waals surface area contributed by atoms with Gasteiger partial charge in [-0.05, 0) is 49.7 Å². The smallest absolute Gasteiger partial charge is 0.122 e. The molecule has 3 rings (SSSR count). The van der Waals surface area contributed by atoms with Crippen LogP contribution in [0.15, 0.2) is 47.1 Å². The summed E-state index contributed by atoms with van der Waals surface area (Å²) in [4.78, 5) is 0. The van der Waals surface area contributed by atoms with Crippen molar-refractivity contribution in [3.63, 3.8) is 0 Å². The summed E-state index contributed by atoms with van der Waals surface area (Å²) in [5.74, 6) is 0.938. The highest BCUT2D eigenvalue weighted by Gasteiger charge is 2.18. The first-order valence-electron chi connectivity index (χ1n) is 6.50. The minimum absolute atomic E-state index is 0.0239. The van der Waals surface area contributed by atoms with E-state index in [0.29, 0.717) is 6.54 Å². The summed E-state index contributed by atoms with van der Waals surface area (Å²) < 4.78 is 5.31. The van der Waals surface area contributed by atoms with Crippen LogP contribution in [0.3, 0.4) is 0 Å². The van der Waals surface area contributed by atoms with Gasteiger partial charge in [0, 0.05) is 11.4 Å². The fourth-order valence-electron chi connectivity index (χ4n) is 2.21. The second kappa shape index (κ2) is 4.50. The first kappa shape index (κ1) is 11.9. The summed E-state index contributed by atoms with van der Waals surface area (Å²) in [5.41, 5.74) is 3.51. The summed E-state index contributed by atoms with van der Waals surface area (Å²) in [7, 11) is 0. The minimum Gasteiger partial charge on any atom is -0.467 e. The lowest BCUT2D eigenvalue weighted by atomic mass is 9.96. The average molecular weight is 254 g/mol. The molecule has 2 heterocycles. The molecule has 3 heteroatoms. The van der Waals surface area contributed by atoms with E-state index in [2.05, 4.69) is 54.8 Å². The van der Waals surface area contributed by atoms with E-state index < -0.39 is 0 Å². The van der Waals surface area contributed by atoms with Gasteiger partial charge in [-0.15, -0.1) is 0 Å². The number of benzene rings is 1. The summed E-state index contributed by atoms with van der Waals surface area (Å²) in [5, 5.41) is 6.86. The molecule has 2 N–H and O–H groups in total. The summed E-state index contributed by atoms with van der Waals surface area (Å²) in [6, 6.07) is 10.2. The maximum Gasteiger partial charge on any atom is 0.122 e. The van der Waals surface area contributed by atoms with Gasteiger partial charge < -0.3 is 15.1 Å². The van der Waals surface area contributed by atoms with Gasteiger partial charge in [-0.3, -0.25) is 0 Å². The van der Waals surface area contributed by atoms with Gasteiger partial charge in [-0.1, -0.05) is 12.2 Å². The van der Waals surface area contributed by atoms with Crippen molar-refractivity contribution in [1.29, 1.82) is 0 Å². The first-order chi connectivity index (χ1) is 9.12. The largest absolute Gasteiger partial charge is 0.467 e. The van der Waals surface area contributed by atoms with Crippen LogP contribution in [0.2, 0.25) is 0 Å². The second-order valence-corrected chi connectivity index (χ2v) is 5.41. The molecule has 1 aromatic carbocycles. The molecule has 1 aromatic heterocycles. The molecule has 98 valence electrons. The van der Waals surface area contributed by atoms with Gasteiger partial charge in [0.1, 0.15) is 5.76 Å². The zero-order valence-corrected chi connectivity index (χ0v) is 11.2. The van der Waals surface area contributed by atoms with Crippen LogP contribution in [0.25, 0.3) is 6.08 Å². The lowest BCUT2D eigenvalue weighted by Crippen LogP contribution is -2.30. The Morgan fingerprint density at radius 3 is 2.95 bits per heavy atom. The van der Waals surface area contributed by atoms with Crippen LogP contribution in [0.1, 0.15) is 25.2 Å². The molecule has 0 fully saturated rings. The standard InChI is InChI=1S/C16H18N2O/c1-16(2)8-7-12-10-13(5-6-15(12)18-16)17-11-14-4-3-9-19-14/h3-10,17-18H,11H2,1-2H3. The molecule has 0 aliphatic carbocycles. The van der Waals surface area contributed by atoms with Gasteiger partial charge in [-0.2, -0.15) is 0 Å². The van der Waals surface area contributed by atoms with Crippen LogP contribution in [0.4, 0.5) is 11.4 Å². The van der Waals surface area contributed by atoms with E-state index in [1.165, 1.54) is 11.3 Å². The Morgan fingerprint density at radius 1 is 1.26 bits per heavy atom. The highest BCUT2D eigenvalue weighted by molar-refractivity contribution is 5.75. The molecule has 0 unspecified atom stereocenters. The van der Waals surface area contributed by atoms with Crippen molar-refractivity contribution in [2.75, 3.05) is 10.6 Å². The van der Waals surface area contributed by atoms with E-state index in [9.17, 15) is 0 Å². The van der Waals surface area contributed by atoms with Crippen molar-refractivity contribution in [3.05, 3.63) is 54.0 Å². The normalized spacial score (nSPS) is 15.7. The molecular weight excluding hydrogens is 236 g/mol. The molecule has 0 amide bonds. The fourth-order valence-corrected chi connectivity index (χ4v) is 2.21. The number of hydrogen-bond donors (Lipinski definition) is 2. The zero-order valence-electron chi connectivity index (χ0n) is 11.2. The Kier molecular flexibility index (Phi) is 2.82. The van der Waals surface area contributed by atoms with Crippen LogP contribution in [0, 0.1) is 0 Å². The number of fused-ring (bicyclic) bond motifs is 1. The van der Waals surface area contributed by atoms with Crippen molar-refractivity contribution < 1.29 is 4.42 Å². The van der Waals surface area contributed by atoms with Crippen molar-refractivity contribution in [2.45, 2.75) is 25.9 Å². The highest BCUT2D eigenvalue weighted by Crippen LogP contribution is 2.30. The average Bonchev–Trinajstić information content (AvgIpc) is 2.88. The SMILES string of the molecule is CC1(C)C=Cc2cc(NCc3ccco3)ccc2N1. The Hall–Kier alpha value is -2.16. The molecule has 1 aliphatic rings. The number of rotatable bonds is 3. The van der Waals surface area contributed by atoms with E-state index in [1.807, 2.05) is 12.1 Å². The van der Waals surface area contributed by atoms with Gasteiger partial charge in [0.15, 0.2) is 0 Å².